The average molecular weight is 486 g/mol. The zero-order chi connectivity index (χ0) is 24.8. The Labute approximate surface area is 199 Å². The summed E-state index contributed by atoms with van der Waals surface area (Å²) in [5.41, 5.74) is 3.76. The molecule has 35 heavy (non-hydrogen) atoms. The summed E-state index contributed by atoms with van der Waals surface area (Å²) in [7, 11) is 0. The van der Waals surface area contributed by atoms with Gasteiger partial charge in [-0.2, -0.15) is 13.2 Å². The third-order valence-electron chi connectivity index (χ3n) is 6.46. The summed E-state index contributed by atoms with van der Waals surface area (Å²) in [4.78, 5) is 22.1. The molecule has 5 rings (SSSR count). The minimum atomic E-state index is -4.50. The first-order valence-electron chi connectivity index (χ1n) is 11.4. The number of ether oxygens (including phenoxy) is 1. The number of H-pyrrole nitrogens is 1. The van der Waals surface area contributed by atoms with E-state index in [1.165, 1.54) is 12.1 Å². The molecule has 2 fully saturated rings. The molecule has 3 heterocycles. The number of nitrogens with one attached hydrogen (secondary N) is 2. The van der Waals surface area contributed by atoms with Crippen LogP contribution in [0.5, 0.6) is 5.88 Å². The largest absolute Gasteiger partial charge is 0.494 e. The predicted molar refractivity (Wildman–Crippen MR) is 127 cm³/mol. The number of carbonyl (C=O) groups excluding carboxylic acids is 1. The molecule has 2 saturated heterocycles. The van der Waals surface area contributed by atoms with Gasteiger partial charge in [0, 0.05) is 35.2 Å². The number of aliphatic imine (C=N–C) groups is 1. The molecule has 0 atom stereocenters. The van der Waals surface area contributed by atoms with Gasteiger partial charge in [0.25, 0.3) is 5.91 Å². The van der Waals surface area contributed by atoms with Gasteiger partial charge in [0.15, 0.2) is 5.88 Å². The van der Waals surface area contributed by atoms with Crippen LogP contribution in [0.1, 0.15) is 29.3 Å². The summed E-state index contributed by atoms with van der Waals surface area (Å²) < 4.78 is 42.8. The van der Waals surface area contributed by atoms with Gasteiger partial charge in [-0.25, -0.2) is 0 Å². The summed E-state index contributed by atoms with van der Waals surface area (Å²) >= 11 is 0. The van der Waals surface area contributed by atoms with Crippen LogP contribution in [0.15, 0.2) is 47.5 Å². The number of aromatic hydroxyl groups is 1. The number of hydrogen-bond acceptors (Lipinski definition) is 5. The molecular formula is C25H25F3N4O3. The van der Waals surface area contributed by atoms with Gasteiger partial charge in [0.2, 0.25) is 0 Å². The molecule has 2 aliphatic heterocycles. The molecule has 0 saturated carbocycles. The molecule has 0 bridgehead atoms. The summed E-state index contributed by atoms with van der Waals surface area (Å²) in [6.07, 6.45) is -4.01. The number of amides is 1. The maximum atomic E-state index is 12.5. The third kappa shape index (κ3) is 4.58. The normalized spacial score (nSPS) is 17.4. The van der Waals surface area contributed by atoms with Crippen LogP contribution in [0.4, 0.5) is 24.5 Å². The number of nitrogens with zero attached hydrogens (tertiary/aromatic N) is 2. The summed E-state index contributed by atoms with van der Waals surface area (Å²) in [5.74, 6) is -0.957. The van der Waals surface area contributed by atoms with Crippen LogP contribution in [-0.4, -0.2) is 60.7 Å². The maximum Gasteiger partial charge on any atom is 0.405 e. The second kappa shape index (κ2) is 8.60. The van der Waals surface area contributed by atoms with Gasteiger partial charge in [-0.3, -0.25) is 9.79 Å². The fraction of sp³-hybridized carbons (Fsp3) is 0.360. The lowest BCUT2D eigenvalue weighted by atomic mass is 9.78. The number of aromatic nitrogens is 1. The molecule has 7 nitrogen and oxygen atoms in total. The number of aromatic amines is 1. The molecule has 1 amide bonds. The van der Waals surface area contributed by atoms with E-state index in [-0.39, 0.29) is 11.4 Å². The van der Waals surface area contributed by atoms with E-state index >= 15 is 0 Å². The van der Waals surface area contributed by atoms with Crippen molar-refractivity contribution in [3.05, 3.63) is 53.6 Å². The van der Waals surface area contributed by atoms with Gasteiger partial charge < -0.3 is 25.0 Å². The van der Waals surface area contributed by atoms with Crippen molar-refractivity contribution >= 4 is 33.9 Å². The van der Waals surface area contributed by atoms with Crippen molar-refractivity contribution in [2.45, 2.75) is 19.5 Å². The average Bonchev–Trinajstić information content (AvgIpc) is 3.09. The highest BCUT2D eigenvalue weighted by atomic mass is 19.4. The zero-order valence-electron chi connectivity index (χ0n) is 19.1. The first kappa shape index (κ1) is 23.2. The highest BCUT2D eigenvalue weighted by Gasteiger charge is 2.48. The van der Waals surface area contributed by atoms with E-state index in [2.05, 4.69) is 9.88 Å². The lowest BCUT2D eigenvalue weighted by molar-refractivity contribution is -0.127. The maximum absolute atomic E-state index is 12.5. The molecule has 0 radical (unpaired) electrons. The molecule has 2 aliphatic rings. The van der Waals surface area contributed by atoms with E-state index in [9.17, 15) is 23.1 Å². The third-order valence-corrected chi connectivity index (χ3v) is 6.46. The molecular weight excluding hydrogens is 461 g/mol. The molecule has 1 aromatic heterocycles. The molecule has 0 aliphatic carbocycles. The highest BCUT2D eigenvalue weighted by molar-refractivity contribution is 6.14. The number of anilines is 1. The van der Waals surface area contributed by atoms with Crippen molar-refractivity contribution in [1.29, 1.82) is 0 Å². The van der Waals surface area contributed by atoms with Gasteiger partial charge in [-0.1, -0.05) is 6.92 Å². The fourth-order valence-corrected chi connectivity index (χ4v) is 4.62. The molecule has 2 aromatic carbocycles. The van der Waals surface area contributed by atoms with Crippen LogP contribution in [0, 0.1) is 5.41 Å². The Morgan fingerprint density at radius 1 is 1.20 bits per heavy atom. The van der Waals surface area contributed by atoms with Gasteiger partial charge >= 0.3 is 6.18 Å². The Hall–Kier alpha value is -3.53. The number of halogens is 3. The van der Waals surface area contributed by atoms with Crippen LogP contribution >= 0.6 is 0 Å². The van der Waals surface area contributed by atoms with Crippen LogP contribution in [0.2, 0.25) is 0 Å². The topological polar surface area (TPSA) is 90.0 Å². The number of alkyl halides is 3. The zero-order valence-corrected chi connectivity index (χ0v) is 19.1. The van der Waals surface area contributed by atoms with Gasteiger partial charge in [-0.15, -0.1) is 0 Å². The minimum absolute atomic E-state index is 0.0611. The van der Waals surface area contributed by atoms with Crippen molar-refractivity contribution in [3.63, 3.8) is 0 Å². The van der Waals surface area contributed by atoms with Crippen molar-refractivity contribution in [2.75, 3.05) is 37.7 Å². The Morgan fingerprint density at radius 3 is 2.51 bits per heavy atom. The van der Waals surface area contributed by atoms with E-state index in [0.29, 0.717) is 39.7 Å². The summed E-state index contributed by atoms with van der Waals surface area (Å²) in [6, 6.07) is 12.3. The summed E-state index contributed by atoms with van der Waals surface area (Å²) in [6.45, 7) is 4.09. The van der Waals surface area contributed by atoms with Gasteiger partial charge in [-0.05, 0) is 48.9 Å². The minimum Gasteiger partial charge on any atom is -0.494 e. The quantitative estimate of drug-likeness (QED) is 0.447. The van der Waals surface area contributed by atoms with E-state index < -0.39 is 18.6 Å². The molecule has 10 heteroatoms. The fourth-order valence-electron chi connectivity index (χ4n) is 4.62. The van der Waals surface area contributed by atoms with Crippen molar-refractivity contribution < 1.29 is 27.8 Å². The second-order valence-corrected chi connectivity index (χ2v) is 9.18. The molecule has 0 unspecified atom stereocenters. The standard InChI is InChI=1S/C25H25F3N4O3/c1-2-19(30-16-4-6-17(7-5-16)32-11-24(12-32)13-35-14-24)21-18-9-15(3-8-20(18)31-23(21)34)22(33)29-10-25(26,27)28/h3-9,31,34H,2,10-14H2,1H3,(H,29,33). The number of benzene rings is 2. The molecule has 1 spiro atoms. The Kier molecular flexibility index (Phi) is 5.71. The van der Waals surface area contributed by atoms with Crippen LogP contribution in [0.25, 0.3) is 10.9 Å². The highest BCUT2D eigenvalue weighted by Crippen LogP contribution is 2.40. The molecule has 184 valence electrons. The number of rotatable bonds is 6. The predicted octanol–water partition coefficient (Wildman–Crippen LogP) is 4.53. The molecule has 3 aromatic rings. The summed E-state index contributed by atoms with van der Waals surface area (Å²) in [5, 5.41) is 13.0. The lowest BCUT2D eigenvalue weighted by Crippen LogP contribution is -2.66. The van der Waals surface area contributed by atoms with Crippen LogP contribution < -0.4 is 10.2 Å². The smallest absolute Gasteiger partial charge is 0.405 e. The number of carbonyl (C=O) groups is 1. The first-order chi connectivity index (χ1) is 16.7. The van der Waals surface area contributed by atoms with Gasteiger partial charge in [0.1, 0.15) is 6.54 Å². The van der Waals surface area contributed by atoms with Crippen LogP contribution in [-0.2, 0) is 4.74 Å². The monoisotopic (exact) mass is 486 g/mol. The number of hydrogen-bond donors (Lipinski definition) is 3. The van der Waals surface area contributed by atoms with E-state index in [1.54, 1.807) is 6.07 Å². The van der Waals surface area contributed by atoms with E-state index in [0.717, 1.165) is 32.0 Å². The van der Waals surface area contributed by atoms with Gasteiger partial charge in [0.05, 0.1) is 35.6 Å². The van der Waals surface area contributed by atoms with E-state index in [1.807, 2.05) is 36.5 Å². The van der Waals surface area contributed by atoms with E-state index in [4.69, 9.17) is 9.73 Å². The Morgan fingerprint density at radius 2 is 1.91 bits per heavy atom. The second-order valence-electron chi connectivity index (χ2n) is 9.18. The van der Waals surface area contributed by atoms with Crippen LogP contribution in [0.3, 0.4) is 0 Å². The Bertz CT molecular complexity index is 1290. The van der Waals surface area contributed by atoms with Crippen molar-refractivity contribution in [1.82, 2.24) is 10.3 Å². The number of fused-ring (bicyclic) bond motifs is 1. The van der Waals surface area contributed by atoms with Crippen molar-refractivity contribution in [3.8, 4) is 5.88 Å². The SMILES string of the molecule is CCC(=Nc1ccc(N2CC3(COC3)C2)cc1)c1c(O)[nH]c2ccc(C(=O)NCC(F)(F)F)cc12. The lowest BCUT2D eigenvalue weighted by Gasteiger charge is -2.56. The molecule has 3 N–H and O–H groups in total. The first-order valence-corrected chi connectivity index (χ1v) is 11.4. The van der Waals surface area contributed by atoms with Crippen molar-refractivity contribution in [2.24, 2.45) is 10.4 Å². The Balaban J connectivity index is 1.39.